The summed E-state index contributed by atoms with van der Waals surface area (Å²) >= 11 is 0. The summed E-state index contributed by atoms with van der Waals surface area (Å²) in [7, 11) is 0. The van der Waals surface area contributed by atoms with Crippen molar-refractivity contribution < 1.29 is 22.8 Å². The molecule has 0 spiro atoms. The van der Waals surface area contributed by atoms with Crippen LogP contribution in [0.1, 0.15) is 12.5 Å². The quantitative estimate of drug-likeness (QED) is 0.850. The molecule has 1 N–H and O–H groups in total. The molecule has 0 atom stereocenters. The van der Waals surface area contributed by atoms with Crippen LogP contribution in [0.15, 0.2) is 36.9 Å². The normalized spacial score (nSPS) is 10.9. The fraction of sp³-hybridized carbons (Fsp3) is 0.286. The van der Waals surface area contributed by atoms with Crippen LogP contribution >= 0.6 is 0 Å². The first kappa shape index (κ1) is 16.7. The highest BCUT2D eigenvalue weighted by molar-refractivity contribution is 5.94. The number of hydrogen-bond donors (Lipinski definition) is 1. The second kappa shape index (κ2) is 6.92. The maximum atomic E-state index is 12.4. The van der Waals surface area contributed by atoms with E-state index in [2.05, 4.69) is 11.9 Å². The first-order valence-electron chi connectivity index (χ1n) is 6.07. The minimum absolute atomic E-state index is 0.192. The van der Waals surface area contributed by atoms with Gasteiger partial charge in [0.25, 0.3) is 0 Å². The van der Waals surface area contributed by atoms with Crippen molar-refractivity contribution in [1.29, 1.82) is 0 Å². The van der Waals surface area contributed by atoms with E-state index in [9.17, 15) is 22.8 Å². The Morgan fingerprint density at radius 1 is 1.29 bits per heavy atom. The van der Waals surface area contributed by atoms with Gasteiger partial charge in [0, 0.05) is 19.2 Å². The van der Waals surface area contributed by atoms with E-state index < -0.39 is 17.6 Å². The highest BCUT2D eigenvalue weighted by Crippen LogP contribution is 2.29. The van der Waals surface area contributed by atoms with Crippen LogP contribution in [-0.4, -0.2) is 29.8 Å². The summed E-state index contributed by atoms with van der Waals surface area (Å²) < 4.78 is 37.2. The van der Waals surface area contributed by atoms with Crippen LogP contribution < -0.4 is 5.32 Å². The molecular formula is C14H15F3N2O2. The van der Waals surface area contributed by atoms with Gasteiger partial charge in [0.2, 0.25) is 11.8 Å². The lowest BCUT2D eigenvalue weighted by Crippen LogP contribution is -2.36. The maximum Gasteiger partial charge on any atom is 0.416 e. The average molecular weight is 300 g/mol. The third kappa shape index (κ3) is 5.29. The Bertz CT molecular complexity index is 524. The lowest BCUT2D eigenvalue weighted by Gasteiger charge is -2.18. The number of carbonyl (C=O) groups is 2. The van der Waals surface area contributed by atoms with Crippen molar-refractivity contribution in [2.24, 2.45) is 0 Å². The fourth-order valence-electron chi connectivity index (χ4n) is 1.58. The lowest BCUT2D eigenvalue weighted by atomic mass is 10.2. The summed E-state index contributed by atoms with van der Waals surface area (Å²) in [5.74, 6) is -0.788. The van der Waals surface area contributed by atoms with Crippen molar-refractivity contribution >= 4 is 17.5 Å². The molecular weight excluding hydrogens is 285 g/mol. The van der Waals surface area contributed by atoms with Crippen LogP contribution in [0.4, 0.5) is 18.9 Å². The van der Waals surface area contributed by atoms with E-state index in [4.69, 9.17) is 0 Å². The molecule has 21 heavy (non-hydrogen) atoms. The van der Waals surface area contributed by atoms with Crippen LogP contribution in [-0.2, 0) is 15.8 Å². The van der Waals surface area contributed by atoms with E-state index in [1.165, 1.54) is 17.9 Å². The van der Waals surface area contributed by atoms with Gasteiger partial charge < -0.3 is 10.2 Å². The summed E-state index contributed by atoms with van der Waals surface area (Å²) in [5, 5.41) is 2.43. The minimum Gasteiger partial charge on any atom is -0.330 e. The molecule has 1 aromatic carbocycles. The number of benzene rings is 1. The number of amides is 2. The monoisotopic (exact) mass is 300 g/mol. The van der Waals surface area contributed by atoms with Gasteiger partial charge >= 0.3 is 6.18 Å². The van der Waals surface area contributed by atoms with Crippen molar-refractivity contribution in [3.8, 4) is 0 Å². The molecule has 7 heteroatoms. The topological polar surface area (TPSA) is 49.4 Å². The van der Waals surface area contributed by atoms with Gasteiger partial charge in [-0.2, -0.15) is 13.2 Å². The third-order valence-electron chi connectivity index (χ3n) is 2.63. The molecule has 4 nitrogen and oxygen atoms in total. The molecule has 0 unspecified atom stereocenters. The predicted molar refractivity (Wildman–Crippen MR) is 72.5 cm³/mol. The van der Waals surface area contributed by atoms with Crippen LogP contribution in [0.3, 0.4) is 0 Å². The van der Waals surface area contributed by atoms with E-state index in [1.807, 2.05) is 0 Å². The number of nitrogens with one attached hydrogen (secondary N) is 1. The molecule has 0 aliphatic heterocycles. The Morgan fingerprint density at radius 3 is 2.29 bits per heavy atom. The standard InChI is InChI=1S/C14H15F3N2O2/c1-3-8-19(10(2)20)9-13(21)18-12-6-4-11(5-7-12)14(15,16)17/h3-7H,1,8-9H2,2H3,(H,18,21). The van der Waals surface area contributed by atoms with Crippen molar-refractivity contribution in [3.63, 3.8) is 0 Å². The molecule has 0 saturated carbocycles. The van der Waals surface area contributed by atoms with Gasteiger partial charge in [-0.25, -0.2) is 0 Å². The zero-order chi connectivity index (χ0) is 16.0. The fourth-order valence-corrected chi connectivity index (χ4v) is 1.58. The SMILES string of the molecule is C=CCN(CC(=O)Nc1ccc(C(F)(F)F)cc1)C(C)=O. The Labute approximate surface area is 120 Å². The van der Waals surface area contributed by atoms with Gasteiger partial charge in [0.05, 0.1) is 5.56 Å². The molecule has 2 amide bonds. The number of alkyl halides is 3. The van der Waals surface area contributed by atoms with E-state index in [0.717, 1.165) is 24.3 Å². The zero-order valence-electron chi connectivity index (χ0n) is 11.4. The van der Waals surface area contributed by atoms with Crippen molar-refractivity contribution in [3.05, 3.63) is 42.5 Å². The largest absolute Gasteiger partial charge is 0.416 e. The van der Waals surface area contributed by atoms with Crippen LogP contribution in [0.2, 0.25) is 0 Å². The molecule has 0 heterocycles. The highest BCUT2D eigenvalue weighted by atomic mass is 19.4. The summed E-state index contributed by atoms with van der Waals surface area (Å²) in [6, 6.07) is 4.07. The van der Waals surface area contributed by atoms with Gasteiger partial charge in [-0.3, -0.25) is 9.59 Å². The third-order valence-corrected chi connectivity index (χ3v) is 2.63. The molecule has 0 aromatic heterocycles. The van der Waals surface area contributed by atoms with Gasteiger partial charge in [-0.1, -0.05) is 6.08 Å². The Hall–Kier alpha value is -2.31. The second-order valence-electron chi connectivity index (χ2n) is 4.31. The molecule has 114 valence electrons. The first-order valence-corrected chi connectivity index (χ1v) is 6.07. The van der Waals surface area contributed by atoms with Gasteiger partial charge in [0.15, 0.2) is 0 Å². The van der Waals surface area contributed by atoms with Crippen molar-refractivity contribution in [2.75, 3.05) is 18.4 Å². The van der Waals surface area contributed by atoms with Gasteiger partial charge in [0.1, 0.15) is 6.54 Å². The Morgan fingerprint density at radius 2 is 1.86 bits per heavy atom. The lowest BCUT2D eigenvalue weighted by molar-refractivity contribution is -0.137. The van der Waals surface area contributed by atoms with Crippen molar-refractivity contribution in [1.82, 2.24) is 4.90 Å². The van der Waals surface area contributed by atoms with Gasteiger partial charge in [-0.15, -0.1) is 6.58 Å². The number of anilines is 1. The van der Waals surface area contributed by atoms with E-state index in [1.54, 1.807) is 0 Å². The number of halogens is 3. The summed E-state index contributed by atoms with van der Waals surface area (Å²) in [5.41, 5.74) is -0.562. The number of hydrogen-bond acceptors (Lipinski definition) is 2. The average Bonchev–Trinajstić information content (AvgIpc) is 2.37. The molecule has 0 saturated heterocycles. The number of rotatable bonds is 5. The summed E-state index contributed by atoms with van der Waals surface area (Å²) in [6.45, 7) is 4.82. The highest BCUT2D eigenvalue weighted by Gasteiger charge is 2.30. The molecule has 0 aliphatic carbocycles. The van der Waals surface area contributed by atoms with Gasteiger partial charge in [-0.05, 0) is 24.3 Å². The van der Waals surface area contributed by atoms with Crippen LogP contribution in [0, 0.1) is 0 Å². The summed E-state index contributed by atoms with van der Waals surface area (Å²) in [6.07, 6.45) is -2.94. The number of nitrogens with zero attached hydrogens (tertiary/aromatic N) is 1. The van der Waals surface area contributed by atoms with Crippen LogP contribution in [0.25, 0.3) is 0 Å². The Balaban J connectivity index is 2.66. The molecule has 0 radical (unpaired) electrons. The Kier molecular flexibility index (Phi) is 5.52. The molecule has 1 aromatic rings. The molecule has 0 aliphatic rings. The molecule has 1 rings (SSSR count). The zero-order valence-corrected chi connectivity index (χ0v) is 11.4. The smallest absolute Gasteiger partial charge is 0.330 e. The molecule has 0 bridgehead atoms. The van der Waals surface area contributed by atoms with E-state index in [-0.39, 0.29) is 24.7 Å². The van der Waals surface area contributed by atoms with E-state index in [0.29, 0.717) is 0 Å². The van der Waals surface area contributed by atoms with Crippen molar-refractivity contribution in [2.45, 2.75) is 13.1 Å². The minimum atomic E-state index is -4.42. The number of carbonyl (C=O) groups excluding carboxylic acids is 2. The van der Waals surface area contributed by atoms with Crippen LogP contribution in [0.5, 0.6) is 0 Å². The predicted octanol–water partition coefficient (Wildman–Crippen LogP) is 2.68. The molecule has 0 fully saturated rings. The maximum absolute atomic E-state index is 12.4. The first-order chi connectivity index (χ1) is 9.74. The second-order valence-corrected chi connectivity index (χ2v) is 4.31. The van der Waals surface area contributed by atoms with E-state index >= 15 is 0 Å². The summed E-state index contributed by atoms with van der Waals surface area (Å²) in [4.78, 5) is 24.2.